The lowest BCUT2D eigenvalue weighted by Gasteiger charge is -2.23. The maximum absolute atomic E-state index is 13.2. The Morgan fingerprint density at radius 1 is 1.19 bits per heavy atom. The van der Waals surface area contributed by atoms with Gasteiger partial charge in [0.05, 0.1) is 19.3 Å². The molecule has 1 heterocycles. The molecule has 1 aliphatic rings. The number of ether oxygens (including phenoxy) is 1. The third-order valence-corrected chi connectivity index (χ3v) is 4.97. The van der Waals surface area contributed by atoms with Gasteiger partial charge in [0.2, 0.25) is 0 Å². The smallest absolute Gasteiger partial charge is 0.264 e. The van der Waals surface area contributed by atoms with E-state index in [1.54, 1.807) is 18.1 Å². The van der Waals surface area contributed by atoms with Crippen LogP contribution in [0.4, 0.5) is 5.69 Å². The van der Waals surface area contributed by atoms with Gasteiger partial charge in [-0.05, 0) is 37.1 Å². The molecule has 5 heteroatoms. The lowest BCUT2D eigenvalue weighted by molar-refractivity contribution is -0.142. The minimum Gasteiger partial charge on any atom is -0.497 e. The van der Waals surface area contributed by atoms with Crippen molar-refractivity contribution in [3.63, 3.8) is 0 Å². The molecule has 2 aromatic rings. The van der Waals surface area contributed by atoms with Crippen molar-refractivity contribution in [3.05, 3.63) is 59.2 Å². The molecular weight excluding hydrogens is 342 g/mol. The van der Waals surface area contributed by atoms with Crippen molar-refractivity contribution in [2.45, 2.75) is 45.3 Å². The summed E-state index contributed by atoms with van der Waals surface area (Å²) in [7, 11) is 1.60. The maximum Gasteiger partial charge on any atom is 0.264 e. The van der Waals surface area contributed by atoms with Crippen LogP contribution in [0.15, 0.2) is 42.5 Å². The van der Waals surface area contributed by atoms with E-state index in [2.05, 4.69) is 0 Å². The molecule has 0 fully saturated rings. The van der Waals surface area contributed by atoms with Crippen LogP contribution < -0.4 is 9.64 Å². The molecule has 27 heavy (non-hydrogen) atoms. The summed E-state index contributed by atoms with van der Waals surface area (Å²) in [6.07, 6.45) is 0.865. The monoisotopic (exact) mass is 367 g/mol. The maximum atomic E-state index is 13.2. The van der Waals surface area contributed by atoms with Crippen molar-refractivity contribution in [2.24, 2.45) is 0 Å². The Hall–Kier alpha value is -2.66. The van der Waals surface area contributed by atoms with E-state index in [0.29, 0.717) is 30.6 Å². The first kappa shape index (κ1) is 19.1. The molecule has 1 atom stereocenters. The minimum absolute atomic E-state index is 0.105. The summed E-state index contributed by atoms with van der Waals surface area (Å²) in [6.45, 7) is 4.14. The summed E-state index contributed by atoms with van der Waals surface area (Å²) in [6, 6.07) is 13.0. The molecular formula is C22H25NO4. The topological polar surface area (TPSA) is 66.8 Å². The fourth-order valence-electron chi connectivity index (χ4n) is 3.56. The van der Waals surface area contributed by atoms with Crippen LogP contribution in [0.5, 0.6) is 5.75 Å². The lowest BCUT2D eigenvalue weighted by Crippen LogP contribution is -2.41. The average molecular weight is 367 g/mol. The molecule has 2 aromatic carbocycles. The molecule has 0 radical (unpaired) electrons. The third kappa shape index (κ3) is 3.60. The summed E-state index contributed by atoms with van der Waals surface area (Å²) in [5, 5.41) is 11.2. The van der Waals surface area contributed by atoms with Crippen LogP contribution in [0, 0.1) is 6.92 Å². The standard InChI is InChI=1S/C22H25NO4/c1-4-5-17(24)13-22(26)19-12-15(2)6-11-20(19)23(21(22)25)14-16-7-9-18(27-3)10-8-16/h6-12,26H,4-5,13-14H2,1-3H3. The Balaban J connectivity index is 1.96. The zero-order chi connectivity index (χ0) is 19.6. The fourth-order valence-corrected chi connectivity index (χ4v) is 3.56. The highest BCUT2D eigenvalue weighted by Gasteiger charge is 2.50. The number of fused-ring (bicyclic) bond motifs is 1. The Kier molecular flexibility index (Phi) is 5.33. The van der Waals surface area contributed by atoms with Gasteiger partial charge in [0.25, 0.3) is 5.91 Å². The number of aryl methyl sites for hydroxylation is 1. The second-order valence-electron chi connectivity index (χ2n) is 7.09. The van der Waals surface area contributed by atoms with E-state index >= 15 is 0 Å². The van der Waals surface area contributed by atoms with Crippen molar-refractivity contribution in [1.29, 1.82) is 0 Å². The average Bonchev–Trinajstić information content (AvgIpc) is 2.84. The Labute approximate surface area is 159 Å². The molecule has 0 saturated heterocycles. The summed E-state index contributed by atoms with van der Waals surface area (Å²) >= 11 is 0. The van der Waals surface area contributed by atoms with Gasteiger partial charge in [0.1, 0.15) is 11.5 Å². The lowest BCUT2D eigenvalue weighted by atomic mass is 9.88. The molecule has 5 nitrogen and oxygen atoms in total. The Morgan fingerprint density at radius 3 is 2.52 bits per heavy atom. The number of anilines is 1. The number of hydrogen-bond acceptors (Lipinski definition) is 4. The number of benzene rings is 2. The molecule has 0 bridgehead atoms. The van der Waals surface area contributed by atoms with Crippen molar-refractivity contribution in [2.75, 3.05) is 12.0 Å². The first-order valence-corrected chi connectivity index (χ1v) is 9.19. The third-order valence-electron chi connectivity index (χ3n) is 4.97. The van der Waals surface area contributed by atoms with E-state index in [1.165, 1.54) is 0 Å². The first-order chi connectivity index (χ1) is 12.9. The number of carbonyl (C=O) groups excluding carboxylic acids is 2. The summed E-state index contributed by atoms with van der Waals surface area (Å²) in [5.74, 6) is 0.194. The molecule has 1 aliphatic heterocycles. The molecule has 0 aromatic heterocycles. The van der Waals surface area contributed by atoms with Gasteiger partial charge in [0, 0.05) is 18.4 Å². The normalized spacial score (nSPS) is 18.5. The van der Waals surface area contributed by atoms with E-state index < -0.39 is 11.5 Å². The number of aliphatic hydroxyl groups is 1. The molecule has 1 amide bonds. The summed E-state index contributed by atoms with van der Waals surface area (Å²) < 4.78 is 5.17. The van der Waals surface area contributed by atoms with Gasteiger partial charge in [0.15, 0.2) is 5.60 Å². The number of carbonyl (C=O) groups is 2. The predicted molar refractivity (Wildman–Crippen MR) is 104 cm³/mol. The zero-order valence-corrected chi connectivity index (χ0v) is 16.0. The number of methoxy groups -OCH3 is 1. The molecule has 0 spiro atoms. The van der Waals surface area contributed by atoms with E-state index in [1.807, 2.05) is 50.2 Å². The molecule has 1 unspecified atom stereocenters. The van der Waals surface area contributed by atoms with Gasteiger partial charge < -0.3 is 14.7 Å². The number of ketones is 1. The van der Waals surface area contributed by atoms with E-state index in [9.17, 15) is 14.7 Å². The van der Waals surface area contributed by atoms with Crippen LogP contribution in [0.25, 0.3) is 0 Å². The summed E-state index contributed by atoms with van der Waals surface area (Å²) in [5.41, 5.74) is 1.24. The van der Waals surface area contributed by atoms with Crippen molar-refractivity contribution < 1.29 is 19.4 Å². The van der Waals surface area contributed by atoms with Crippen molar-refractivity contribution in [3.8, 4) is 5.75 Å². The number of hydrogen-bond donors (Lipinski definition) is 1. The number of amides is 1. The van der Waals surface area contributed by atoms with Crippen LogP contribution in [0.2, 0.25) is 0 Å². The van der Waals surface area contributed by atoms with Crippen molar-refractivity contribution in [1.82, 2.24) is 0 Å². The van der Waals surface area contributed by atoms with Gasteiger partial charge >= 0.3 is 0 Å². The van der Waals surface area contributed by atoms with E-state index in [0.717, 1.165) is 16.9 Å². The number of rotatable bonds is 7. The van der Waals surface area contributed by atoms with Gasteiger partial charge in [-0.25, -0.2) is 0 Å². The van der Waals surface area contributed by atoms with Crippen LogP contribution in [-0.2, 0) is 21.7 Å². The quantitative estimate of drug-likeness (QED) is 0.813. The minimum atomic E-state index is -1.79. The zero-order valence-electron chi connectivity index (χ0n) is 16.0. The first-order valence-electron chi connectivity index (χ1n) is 9.19. The fraction of sp³-hybridized carbons (Fsp3) is 0.364. The largest absolute Gasteiger partial charge is 0.497 e. The highest BCUT2D eigenvalue weighted by atomic mass is 16.5. The van der Waals surface area contributed by atoms with Gasteiger partial charge in [-0.3, -0.25) is 9.59 Å². The second kappa shape index (κ2) is 7.53. The van der Waals surface area contributed by atoms with Crippen LogP contribution in [0.3, 0.4) is 0 Å². The van der Waals surface area contributed by atoms with Crippen LogP contribution >= 0.6 is 0 Å². The number of Topliss-reactive ketones (excluding diaryl/α,β-unsaturated/α-hetero) is 1. The molecule has 3 rings (SSSR count). The van der Waals surface area contributed by atoms with Crippen LogP contribution in [0.1, 0.15) is 42.9 Å². The van der Waals surface area contributed by atoms with Gasteiger partial charge in [-0.1, -0.05) is 36.8 Å². The highest BCUT2D eigenvalue weighted by molar-refractivity contribution is 6.08. The molecule has 142 valence electrons. The SMILES string of the molecule is CCCC(=O)CC1(O)C(=O)N(Cc2ccc(OC)cc2)c2ccc(C)cc21. The van der Waals surface area contributed by atoms with E-state index in [4.69, 9.17) is 4.74 Å². The van der Waals surface area contributed by atoms with Gasteiger partial charge in [-0.2, -0.15) is 0 Å². The highest BCUT2D eigenvalue weighted by Crippen LogP contribution is 2.44. The van der Waals surface area contributed by atoms with Crippen LogP contribution in [-0.4, -0.2) is 23.9 Å². The second-order valence-corrected chi connectivity index (χ2v) is 7.09. The molecule has 0 saturated carbocycles. The molecule has 0 aliphatic carbocycles. The van der Waals surface area contributed by atoms with Crippen molar-refractivity contribution >= 4 is 17.4 Å². The molecule has 1 N–H and O–H groups in total. The Bertz CT molecular complexity index is 859. The van der Waals surface area contributed by atoms with E-state index in [-0.39, 0.29) is 12.2 Å². The predicted octanol–water partition coefficient (Wildman–Crippen LogP) is 3.50. The Morgan fingerprint density at radius 2 is 1.89 bits per heavy atom. The van der Waals surface area contributed by atoms with Gasteiger partial charge in [-0.15, -0.1) is 0 Å². The summed E-state index contributed by atoms with van der Waals surface area (Å²) in [4.78, 5) is 27.0. The number of nitrogens with zero attached hydrogens (tertiary/aromatic N) is 1.